The Bertz CT molecular complexity index is 875. The molecular weight excluding hydrogens is 372 g/mol. The van der Waals surface area contributed by atoms with E-state index in [1.54, 1.807) is 55.4 Å². The molecule has 3 rings (SSSR count). The Balaban J connectivity index is 1.57. The molecule has 0 radical (unpaired) electrons. The van der Waals surface area contributed by atoms with Gasteiger partial charge < -0.3 is 24.0 Å². The van der Waals surface area contributed by atoms with Gasteiger partial charge in [-0.15, -0.1) is 0 Å². The molecule has 0 unspecified atom stereocenters. The summed E-state index contributed by atoms with van der Waals surface area (Å²) in [4.78, 5) is 29.0. The summed E-state index contributed by atoms with van der Waals surface area (Å²) in [5, 5.41) is 0. The largest absolute Gasteiger partial charge is 0.497 e. The average Bonchev–Trinajstić information content (AvgIpc) is 2.78. The van der Waals surface area contributed by atoms with Gasteiger partial charge in [-0.2, -0.15) is 0 Å². The van der Waals surface area contributed by atoms with E-state index in [2.05, 4.69) is 0 Å². The number of carbonyl (C=O) groups excluding carboxylic acids is 2. The summed E-state index contributed by atoms with van der Waals surface area (Å²) < 4.78 is 15.7. The van der Waals surface area contributed by atoms with Crippen LogP contribution < -0.4 is 14.2 Å². The van der Waals surface area contributed by atoms with Crippen LogP contribution in [0.25, 0.3) is 0 Å². The second-order valence-electron chi connectivity index (χ2n) is 6.77. The van der Waals surface area contributed by atoms with Gasteiger partial charge in [-0.3, -0.25) is 9.59 Å². The molecule has 0 bridgehead atoms. The van der Waals surface area contributed by atoms with Crippen molar-refractivity contribution >= 4 is 11.8 Å². The Kier molecular flexibility index (Phi) is 6.59. The molecule has 7 heteroatoms. The van der Waals surface area contributed by atoms with Gasteiger partial charge in [0.25, 0.3) is 5.91 Å². The van der Waals surface area contributed by atoms with Crippen molar-refractivity contribution in [2.45, 2.75) is 6.42 Å². The quantitative estimate of drug-likeness (QED) is 0.747. The number of hydrogen-bond donors (Lipinski definition) is 0. The summed E-state index contributed by atoms with van der Waals surface area (Å²) in [5.74, 6) is 1.88. The molecule has 0 spiro atoms. The number of rotatable bonds is 6. The number of amides is 2. The van der Waals surface area contributed by atoms with Crippen LogP contribution >= 0.6 is 0 Å². The molecule has 0 atom stereocenters. The first-order valence-corrected chi connectivity index (χ1v) is 9.47. The summed E-state index contributed by atoms with van der Waals surface area (Å²) >= 11 is 0. The fourth-order valence-electron chi connectivity index (χ4n) is 3.37. The molecule has 1 fully saturated rings. The van der Waals surface area contributed by atoms with Gasteiger partial charge in [0, 0.05) is 31.7 Å². The zero-order valence-corrected chi connectivity index (χ0v) is 17.0. The first kappa shape index (κ1) is 20.5. The highest BCUT2D eigenvalue weighted by Crippen LogP contribution is 2.28. The van der Waals surface area contributed by atoms with E-state index in [1.165, 1.54) is 0 Å². The Morgan fingerprint density at radius 1 is 0.828 bits per heavy atom. The van der Waals surface area contributed by atoms with Crippen LogP contribution in [-0.2, 0) is 11.2 Å². The molecule has 1 saturated heterocycles. The van der Waals surface area contributed by atoms with Crippen LogP contribution in [0, 0.1) is 0 Å². The minimum absolute atomic E-state index is 0.0331. The number of nitrogens with zero attached hydrogens (tertiary/aromatic N) is 2. The molecule has 1 aliphatic rings. The van der Waals surface area contributed by atoms with Crippen LogP contribution in [0.4, 0.5) is 0 Å². The maximum absolute atomic E-state index is 12.7. The molecule has 0 aliphatic carbocycles. The Labute approximate surface area is 170 Å². The third-order valence-electron chi connectivity index (χ3n) is 5.04. The molecule has 1 heterocycles. The van der Waals surface area contributed by atoms with Gasteiger partial charge in [-0.25, -0.2) is 0 Å². The van der Waals surface area contributed by atoms with Gasteiger partial charge in [0.1, 0.15) is 5.75 Å². The van der Waals surface area contributed by atoms with Crippen LogP contribution in [0.15, 0.2) is 42.5 Å². The molecule has 2 aromatic rings. The lowest BCUT2D eigenvalue weighted by molar-refractivity contribution is -0.131. The SMILES string of the molecule is COc1cccc(C(=O)N2CCN(C(=O)Cc3ccc(OC)c(OC)c3)CC2)c1. The van der Waals surface area contributed by atoms with E-state index < -0.39 is 0 Å². The fraction of sp³-hybridized carbons (Fsp3) is 0.364. The molecule has 0 N–H and O–H groups in total. The summed E-state index contributed by atoms with van der Waals surface area (Å²) in [6.07, 6.45) is 0.282. The minimum atomic E-state index is -0.0455. The standard InChI is InChI=1S/C22H26N2O5/c1-27-18-6-4-5-17(15-18)22(26)24-11-9-23(10-12-24)21(25)14-16-7-8-19(28-2)20(13-16)29-3/h4-8,13,15H,9-12,14H2,1-3H3. The highest BCUT2D eigenvalue weighted by Gasteiger charge is 2.25. The van der Waals surface area contributed by atoms with E-state index in [4.69, 9.17) is 14.2 Å². The molecule has 2 amide bonds. The lowest BCUT2D eigenvalue weighted by atomic mass is 10.1. The van der Waals surface area contributed by atoms with E-state index in [0.717, 1.165) is 5.56 Å². The van der Waals surface area contributed by atoms with Gasteiger partial charge in [-0.05, 0) is 35.9 Å². The number of piperazine rings is 1. The summed E-state index contributed by atoms with van der Waals surface area (Å²) in [6.45, 7) is 2.05. The molecular formula is C22H26N2O5. The lowest BCUT2D eigenvalue weighted by Crippen LogP contribution is -2.51. The van der Waals surface area contributed by atoms with Crippen LogP contribution in [-0.4, -0.2) is 69.1 Å². The normalized spacial score (nSPS) is 13.8. The van der Waals surface area contributed by atoms with Crippen LogP contribution in [0.2, 0.25) is 0 Å². The molecule has 1 aliphatic heterocycles. The molecule has 0 aromatic heterocycles. The van der Waals surface area contributed by atoms with E-state index >= 15 is 0 Å². The fourth-order valence-corrected chi connectivity index (χ4v) is 3.37. The zero-order valence-electron chi connectivity index (χ0n) is 17.0. The topological polar surface area (TPSA) is 68.3 Å². The van der Waals surface area contributed by atoms with Crippen molar-refractivity contribution in [1.29, 1.82) is 0 Å². The van der Waals surface area contributed by atoms with Crippen molar-refractivity contribution in [2.75, 3.05) is 47.5 Å². The molecule has 2 aromatic carbocycles. The first-order valence-electron chi connectivity index (χ1n) is 9.47. The summed E-state index contributed by atoms with van der Waals surface area (Å²) in [6, 6.07) is 12.6. The predicted molar refractivity (Wildman–Crippen MR) is 109 cm³/mol. The minimum Gasteiger partial charge on any atom is -0.497 e. The molecule has 154 valence electrons. The second kappa shape index (κ2) is 9.32. The lowest BCUT2D eigenvalue weighted by Gasteiger charge is -2.35. The summed E-state index contributed by atoms with van der Waals surface area (Å²) in [5.41, 5.74) is 1.46. The number of ether oxygens (including phenoxy) is 3. The van der Waals surface area contributed by atoms with Gasteiger partial charge >= 0.3 is 0 Å². The van der Waals surface area contributed by atoms with Crippen molar-refractivity contribution in [3.05, 3.63) is 53.6 Å². The smallest absolute Gasteiger partial charge is 0.254 e. The monoisotopic (exact) mass is 398 g/mol. The number of methoxy groups -OCH3 is 3. The van der Waals surface area contributed by atoms with Crippen LogP contribution in [0.5, 0.6) is 17.2 Å². The summed E-state index contributed by atoms with van der Waals surface area (Å²) in [7, 11) is 4.73. The highest BCUT2D eigenvalue weighted by molar-refractivity contribution is 5.94. The second-order valence-corrected chi connectivity index (χ2v) is 6.77. The highest BCUT2D eigenvalue weighted by atomic mass is 16.5. The third-order valence-corrected chi connectivity index (χ3v) is 5.04. The van der Waals surface area contributed by atoms with Crippen molar-refractivity contribution < 1.29 is 23.8 Å². The van der Waals surface area contributed by atoms with Crippen LogP contribution in [0.3, 0.4) is 0 Å². The van der Waals surface area contributed by atoms with E-state index in [1.807, 2.05) is 18.2 Å². The Hall–Kier alpha value is -3.22. The van der Waals surface area contributed by atoms with E-state index in [0.29, 0.717) is 49.0 Å². The first-order chi connectivity index (χ1) is 14.0. The number of carbonyl (C=O) groups is 2. The van der Waals surface area contributed by atoms with E-state index in [-0.39, 0.29) is 18.2 Å². The van der Waals surface area contributed by atoms with Gasteiger partial charge in [-0.1, -0.05) is 12.1 Å². The molecule has 0 saturated carbocycles. The average molecular weight is 398 g/mol. The molecule has 29 heavy (non-hydrogen) atoms. The maximum atomic E-state index is 12.7. The van der Waals surface area contributed by atoms with Crippen molar-refractivity contribution in [3.8, 4) is 17.2 Å². The number of hydrogen-bond acceptors (Lipinski definition) is 5. The van der Waals surface area contributed by atoms with Crippen molar-refractivity contribution in [3.63, 3.8) is 0 Å². The predicted octanol–water partition coefficient (Wildman–Crippen LogP) is 2.24. The van der Waals surface area contributed by atoms with Crippen LogP contribution in [0.1, 0.15) is 15.9 Å². The number of benzene rings is 2. The third kappa shape index (κ3) is 4.80. The maximum Gasteiger partial charge on any atom is 0.254 e. The van der Waals surface area contributed by atoms with Gasteiger partial charge in [0.05, 0.1) is 27.8 Å². The van der Waals surface area contributed by atoms with Gasteiger partial charge in [0.2, 0.25) is 5.91 Å². The van der Waals surface area contributed by atoms with E-state index in [9.17, 15) is 9.59 Å². The zero-order chi connectivity index (χ0) is 20.8. The molecule has 7 nitrogen and oxygen atoms in total. The van der Waals surface area contributed by atoms with Crippen molar-refractivity contribution in [1.82, 2.24) is 9.80 Å². The van der Waals surface area contributed by atoms with Gasteiger partial charge in [0.15, 0.2) is 11.5 Å². The van der Waals surface area contributed by atoms with Crippen molar-refractivity contribution in [2.24, 2.45) is 0 Å². The Morgan fingerprint density at radius 3 is 2.17 bits per heavy atom. The Morgan fingerprint density at radius 2 is 1.52 bits per heavy atom.